The number of benzene rings is 1. The molecular weight excluding hydrogens is 516 g/mol. The maximum atomic E-state index is 13.5. The Morgan fingerprint density at radius 3 is 2.78 bits per heavy atom. The number of rotatable bonds is 10. The fourth-order valence-corrected chi connectivity index (χ4v) is 6.88. The summed E-state index contributed by atoms with van der Waals surface area (Å²) >= 11 is 1.76. The van der Waals surface area contributed by atoms with E-state index in [4.69, 9.17) is 19.2 Å². The Morgan fingerprint density at radius 1 is 1.24 bits per heavy atom. The predicted molar refractivity (Wildman–Crippen MR) is 145 cm³/mol. The third-order valence-electron chi connectivity index (χ3n) is 6.46. The number of sulfonamides is 1. The number of fused-ring (bicyclic) bond motifs is 1. The largest absolute Gasteiger partial charge is 0.491 e. The van der Waals surface area contributed by atoms with Gasteiger partial charge in [0.1, 0.15) is 17.4 Å². The summed E-state index contributed by atoms with van der Waals surface area (Å²) in [6.45, 7) is 5.94. The number of hydrogen-bond donors (Lipinski definition) is 1. The molecule has 2 aliphatic rings. The van der Waals surface area contributed by atoms with Crippen molar-refractivity contribution in [2.45, 2.75) is 10.4 Å². The first-order valence-corrected chi connectivity index (χ1v) is 14.4. The van der Waals surface area contributed by atoms with Crippen molar-refractivity contribution in [1.82, 2.24) is 19.4 Å². The fourth-order valence-electron chi connectivity index (χ4n) is 4.47. The molecule has 1 N–H and O–H groups in total. The first-order valence-electron chi connectivity index (χ1n) is 12.1. The number of aliphatic imine (C=N–C) groups is 1. The Kier molecular flexibility index (Phi) is 7.77. The van der Waals surface area contributed by atoms with Crippen LogP contribution in [0.1, 0.15) is 5.69 Å². The highest BCUT2D eigenvalue weighted by atomic mass is 32.2. The number of aromatic amines is 1. The summed E-state index contributed by atoms with van der Waals surface area (Å²) in [5.41, 5.74) is 2.02. The van der Waals surface area contributed by atoms with E-state index in [1.165, 1.54) is 22.1 Å². The number of methoxy groups -OCH3 is 1. The Morgan fingerprint density at radius 2 is 2.05 bits per heavy atom. The van der Waals surface area contributed by atoms with Gasteiger partial charge in [-0.25, -0.2) is 4.98 Å². The zero-order valence-electron chi connectivity index (χ0n) is 21.2. The maximum Gasteiger partial charge on any atom is 0.298 e. The molecule has 5 rings (SSSR count). The van der Waals surface area contributed by atoms with E-state index >= 15 is 0 Å². The molecule has 4 heterocycles. The second-order valence-electron chi connectivity index (χ2n) is 9.02. The number of aromatic nitrogens is 3. The molecule has 1 unspecified atom stereocenters. The standard InChI is InChI=1S/C24H32N6O5S2/c1-28-5-4-25-24(28)37(31,32)29(2)21-14-18(35-11-10-33-3)12-17-13-20(27-22(17)21)23-26-15-19(36-23)16-30-6-8-34-9-7-30/h4-5,12-14,19,27H,6-11,15-16H2,1-3H3. The van der Waals surface area contributed by atoms with Crippen molar-refractivity contribution in [3.8, 4) is 5.75 Å². The maximum absolute atomic E-state index is 13.5. The lowest BCUT2D eigenvalue weighted by atomic mass is 10.2. The molecule has 1 atom stereocenters. The van der Waals surface area contributed by atoms with Crippen LogP contribution in [-0.4, -0.2) is 105 Å². The van der Waals surface area contributed by atoms with E-state index in [-0.39, 0.29) is 5.16 Å². The Labute approximate surface area is 220 Å². The van der Waals surface area contributed by atoms with E-state index in [1.807, 2.05) is 12.1 Å². The van der Waals surface area contributed by atoms with E-state index in [1.54, 1.807) is 38.2 Å². The molecule has 11 nitrogen and oxygen atoms in total. The normalized spacial score (nSPS) is 18.9. The molecule has 2 aliphatic heterocycles. The van der Waals surface area contributed by atoms with Crippen LogP contribution >= 0.6 is 11.8 Å². The minimum atomic E-state index is -3.91. The Balaban J connectivity index is 1.45. The molecule has 0 aliphatic carbocycles. The van der Waals surface area contributed by atoms with Crippen LogP contribution in [-0.2, 0) is 26.5 Å². The first-order chi connectivity index (χ1) is 17.9. The molecule has 13 heteroatoms. The monoisotopic (exact) mass is 548 g/mol. The van der Waals surface area contributed by atoms with Crippen LogP contribution in [0.25, 0.3) is 10.9 Å². The molecule has 1 saturated heterocycles. The molecule has 2 aromatic heterocycles. The average Bonchev–Trinajstić information content (AvgIpc) is 3.63. The summed E-state index contributed by atoms with van der Waals surface area (Å²) in [6, 6.07) is 5.64. The molecule has 0 saturated carbocycles. The van der Waals surface area contributed by atoms with Gasteiger partial charge in [0.05, 0.1) is 43.3 Å². The van der Waals surface area contributed by atoms with Crippen molar-refractivity contribution in [1.29, 1.82) is 0 Å². The number of anilines is 1. The first kappa shape index (κ1) is 26.0. The summed E-state index contributed by atoms with van der Waals surface area (Å²) < 4.78 is 46.1. The highest BCUT2D eigenvalue weighted by molar-refractivity contribution is 8.15. The third kappa shape index (κ3) is 5.50. The minimum absolute atomic E-state index is 0.0395. The van der Waals surface area contributed by atoms with Gasteiger partial charge in [0.25, 0.3) is 10.0 Å². The average molecular weight is 549 g/mol. The van der Waals surface area contributed by atoms with Gasteiger partial charge in [-0.3, -0.25) is 14.2 Å². The molecule has 37 heavy (non-hydrogen) atoms. The topological polar surface area (TPSA) is 114 Å². The molecule has 3 aromatic rings. The number of aryl methyl sites for hydroxylation is 1. The quantitative estimate of drug-likeness (QED) is 0.383. The summed E-state index contributed by atoms with van der Waals surface area (Å²) in [4.78, 5) is 14.7. The minimum Gasteiger partial charge on any atom is -0.491 e. The van der Waals surface area contributed by atoms with E-state index in [2.05, 4.69) is 14.9 Å². The molecule has 1 fully saturated rings. The smallest absolute Gasteiger partial charge is 0.298 e. The molecule has 200 valence electrons. The van der Waals surface area contributed by atoms with Crippen LogP contribution in [0.5, 0.6) is 5.75 Å². The van der Waals surface area contributed by atoms with Crippen LogP contribution in [0.4, 0.5) is 5.69 Å². The number of imidazole rings is 1. The lowest BCUT2D eigenvalue weighted by Gasteiger charge is -2.28. The van der Waals surface area contributed by atoms with Gasteiger partial charge in [0, 0.05) is 69.9 Å². The number of thioether (sulfide) groups is 1. The molecule has 0 amide bonds. The summed E-state index contributed by atoms with van der Waals surface area (Å²) in [5.74, 6) is 0.554. The van der Waals surface area contributed by atoms with Crippen molar-refractivity contribution in [3.63, 3.8) is 0 Å². The van der Waals surface area contributed by atoms with Crippen molar-refractivity contribution >= 4 is 43.4 Å². The molecule has 0 spiro atoms. The third-order valence-corrected chi connectivity index (χ3v) is 9.43. The lowest BCUT2D eigenvalue weighted by molar-refractivity contribution is 0.0385. The second kappa shape index (κ2) is 11.0. The fraction of sp³-hybridized carbons (Fsp3) is 0.500. The van der Waals surface area contributed by atoms with Crippen LogP contribution in [0.2, 0.25) is 0 Å². The van der Waals surface area contributed by atoms with Gasteiger partial charge >= 0.3 is 0 Å². The second-order valence-corrected chi connectivity index (χ2v) is 12.2. The number of ether oxygens (including phenoxy) is 3. The van der Waals surface area contributed by atoms with Gasteiger partial charge in [-0.15, -0.1) is 0 Å². The van der Waals surface area contributed by atoms with Crippen LogP contribution in [0.3, 0.4) is 0 Å². The molecule has 0 bridgehead atoms. The SMILES string of the molecule is COCCOc1cc(N(C)S(=O)(=O)c2nccn2C)c2[nH]c(C3=NCC(CN4CCOCC4)S3)cc2c1. The van der Waals surface area contributed by atoms with E-state index in [9.17, 15) is 8.42 Å². The number of hydrogen-bond acceptors (Lipinski definition) is 9. The highest BCUT2D eigenvalue weighted by Gasteiger charge is 2.29. The molecule has 1 aromatic carbocycles. The predicted octanol–water partition coefficient (Wildman–Crippen LogP) is 1.95. The highest BCUT2D eigenvalue weighted by Crippen LogP contribution is 2.36. The van der Waals surface area contributed by atoms with Gasteiger partial charge in [-0.05, 0) is 12.1 Å². The number of H-pyrrole nitrogens is 1. The van der Waals surface area contributed by atoms with Gasteiger partial charge in [-0.1, -0.05) is 11.8 Å². The molecule has 0 radical (unpaired) electrons. The zero-order chi connectivity index (χ0) is 26.0. The number of nitrogens with one attached hydrogen (secondary N) is 1. The lowest BCUT2D eigenvalue weighted by Crippen LogP contribution is -2.40. The van der Waals surface area contributed by atoms with Crippen LogP contribution < -0.4 is 9.04 Å². The van der Waals surface area contributed by atoms with Crippen molar-refractivity contribution in [2.24, 2.45) is 12.0 Å². The van der Waals surface area contributed by atoms with Gasteiger partial charge in [0.2, 0.25) is 5.16 Å². The van der Waals surface area contributed by atoms with Crippen LogP contribution in [0, 0.1) is 0 Å². The zero-order valence-corrected chi connectivity index (χ0v) is 22.8. The summed E-state index contributed by atoms with van der Waals surface area (Å²) in [7, 11) is 0.875. The van der Waals surface area contributed by atoms with Gasteiger partial charge < -0.3 is 23.8 Å². The van der Waals surface area contributed by atoms with E-state index in [0.29, 0.717) is 35.4 Å². The van der Waals surface area contributed by atoms with Gasteiger partial charge in [0.15, 0.2) is 0 Å². The van der Waals surface area contributed by atoms with Crippen molar-refractivity contribution in [2.75, 3.05) is 71.1 Å². The van der Waals surface area contributed by atoms with Crippen LogP contribution in [0.15, 0.2) is 40.7 Å². The Hall–Kier alpha value is -2.58. The summed E-state index contributed by atoms with van der Waals surface area (Å²) in [6.07, 6.45) is 3.08. The number of morpholine rings is 1. The van der Waals surface area contributed by atoms with Gasteiger partial charge in [-0.2, -0.15) is 8.42 Å². The van der Waals surface area contributed by atoms with E-state index < -0.39 is 10.0 Å². The Bertz CT molecular complexity index is 1380. The van der Waals surface area contributed by atoms with Crippen molar-refractivity contribution in [3.05, 3.63) is 36.3 Å². The van der Waals surface area contributed by atoms with E-state index in [0.717, 1.165) is 55.5 Å². The van der Waals surface area contributed by atoms with Crippen molar-refractivity contribution < 1.29 is 22.6 Å². The molecular formula is C24H32N6O5S2. The number of nitrogens with zero attached hydrogens (tertiary/aromatic N) is 5. The summed E-state index contributed by atoms with van der Waals surface area (Å²) in [5, 5.41) is 2.10.